The van der Waals surface area contributed by atoms with Crippen molar-refractivity contribution in [3.05, 3.63) is 29.8 Å². The fourth-order valence-electron chi connectivity index (χ4n) is 0.807. The fraction of sp³-hybridized carbons (Fsp3) is 0. The predicted molar refractivity (Wildman–Crippen MR) is 42.1 cm³/mol. The van der Waals surface area contributed by atoms with Crippen LogP contribution in [0.2, 0.25) is 0 Å². The molecule has 0 saturated heterocycles. The Morgan fingerprint density at radius 3 is 2.54 bits per heavy atom. The van der Waals surface area contributed by atoms with Crippen LogP contribution in [0.4, 0.5) is 8.63 Å². The standard InChI is InChI=1S/C7H5BF2O2.K.H/c9-8(10)6-3-1-2-5(4-6)7(11)12;;/h1-4H,(H,11,12);;/q;+1;-1. The van der Waals surface area contributed by atoms with Crippen LogP contribution in [-0.4, -0.2) is 18.3 Å². The Labute approximate surface area is 118 Å². The SMILES string of the molecule is O=C(O)c1cccc(B(F)F)c1.[H-].[K+]. The number of halogens is 2. The minimum atomic E-state index is -2.62. The Morgan fingerprint density at radius 1 is 1.46 bits per heavy atom. The van der Waals surface area contributed by atoms with E-state index < -0.39 is 13.2 Å². The molecule has 1 rings (SSSR count). The topological polar surface area (TPSA) is 37.3 Å². The van der Waals surface area contributed by atoms with E-state index in [0.29, 0.717) is 0 Å². The Balaban J connectivity index is 0. The molecule has 0 aliphatic rings. The van der Waals surface area contributed by atoms with Crippen LogP contribution in [0.3, 0.4) is 0 Å². The zero-order valence-electron chi connectivity index (χ0n) is 8.00. The van der Waals surface area contributed by atoms with Gasteiger partial charge in [-0.25, -0.2) is 4.79 Å². The molecule has 1 N–H and O–H groups in total. The van der Waals surface area contributed by atoms with Gasteiger partial charge in [0.25, 0.3) is 0 Å². The van der Waals surface area contributed by atoms with E-state index in [4.69, 9.17) is 5.11 Å². The molecular formula is C7H6BF2KO2. The van der Waals surface area contributed by atoms with Crippen LogP contribution < -0.4 is 56.8 Å². The Bertz CT molecular complexity index is 311. The van der Waals surface area contributed by atoms with Crippen LogP contribution in [0.1, 0.15) is 11.8 Å². The van der Waals surface area contributed by atoms with Gasteiger partial charge in [-0.3, -0.25) is 8.63 Å². The van der Waals surface area contributed by atoms with Gasteiger partial charge < -0.3 is 6.53 Å². The van der Waals surface area contributed by atoms with E-state index in [1.54, 1.807) is 0 Å². The molecule has 0 radical (unpaired) electrons. The first kappa shape index (κ1) is 13.3. The molecule has 13 heavy (non-hydrogen) atoms. The van der Waals surface area contributed by atoms with Crippen molar-refractivity contribution in [2.24, 2.45) is 0 Å². The van der Waals surface area contributed by atoms with Crippen molar-refractivity contribution in [1.29, 1.82) is 0 Å². The zero-order valence-corrected chi connectivity index (χ0v) is 10.1. The van der Waals surface area contributed by atoms with Gasteiger partial charge >= 0.3 is 64.6 Å². The Morgan fingerprint density at radius 2 is 2.08 bits per heavy atom. The number of carboxylic acids is 1. The number of rotatable bonds is 2. The first-order valence-corrected chi connectivity index (χ1v) is 3.22. The van der Waals surface area contributed by atoms with E-state index in [2.05, 4.69) is 0 Å². The van der Waals surface area contributed by atoms with E-state index in [1.165, 1.54) is 18.2 Å². The molecule has 1 aromatic rings. The average Bonchev–Trinajstić information content (AvgIpc) is 2.04. The quantitative estimate of drug-likeness (QED) is 0.581. The fourth-order valence-corrected chi connectivity index (χ4v) is 0.807. The molecule has 0 fully saturated rings. The molecule has 0 spiro atoms. The number of hydrogen-bond donors (Lipinski definition) is 1. The summed E-state index contributed by atoms with van der Waals surface area (Å²) in [7, 11) is -2.62. The summed E-state index contributed by atoms with van der Waals surface area (Å²) in [5.41, 5.74) is -0.386. The Hall–Kier alpha value is 0.251. The van der Waals surface area contributed by atoms with Crippen molar-refractivity contribution in [2.45, 2.75) is 0 Å². The second kappa shape index (κ2) is 5.87. The van der Waals surface area contributed by atoms with Gasteiger partial charge in [-0.1, -0.05) is 12.1 Å². The molecular weight excluding hydrogens is 204 g/mol. The molecule has 0 amide bonds. The maximum atomic E-state index is 12.0. The molecule has 64 valence electrons. The molecule has 0 heterocycles. The number of carboxylic acid groups (broad SMARTS) is 1. The van der Waals surface area contributed by atoms with Gasteiger partial charge in [0, 0.05) is 0 Å². The van der Waals surface area contributed by atoms with E-state index in [1.807, 2.05) is 0 Å². The Kier molecular flexibility index (Phi) is 5.99. The summed E-state index contributed by atoms with van der Waals surface area (Å²) in [5.74, 6) is -1.20. The van der Waals surface area contributed by atoms with Crippen LogP contribution in [0, 0.1) is 0 Å². The van der Waals surface area contributed by atoms with E-state index >= 15 is 0 Å². The van der Waals surface area contributed by atoms with Crippen molar-refractivity contribution < 1.29 is 71.3 Å². The second-order valence-electron chi connectivity index (χ2n) is 2.23. The third-order valence-corrected chi connectivity index (χ3v) is 1.39. The van der Waals surface area contributed by atoms with Crippen molar-refractivity contribution in [2.75, 3.05) is 0 Å². The van der Waals surface area contributed by atoms with Crippen molar-refractivity contribution in [3.8, 4) is 0 Å². The van der Waals surface area contributed by atoms with Crippen molar-refractivity contribution in [1.82, 2.24) is 0 Å². The maximum Gasteiger partial charge on any atom is 1.00 e. The number of carbonyl (C=O) groups is 1. The number of benzene rings is 1. The molecule has 0 saturated carbocycles. The van der Waals surface area contributed by atoms with Gasteiger partial charge in [0.2, 0.25) is 0 Å². The van der Waals surface area contributed by atoms with Crippen molar-refractivity contribution >= 4 is 18.7 Å². The summed E-state index contributed by atoms with van der Waals surface area (Å²) < 4.78 is 24.0. The van der Waals surface area contributed by atoms with E-state index in [0.717, 1.165) is 6.07 Å². The van der Waals surface area contributed by atoms with Gasteiger partial charge in [0.05, 0.1) is 5.56 Å². The summed E-state index contributed by atoms with van der Waals surface area (Å²) in [6.45, 7) is 0. The van der Waals surface area contributed by atoms with Gasteiger partial charge in [-0.05, 0) is 17.6 Å². The minimum absolute atomic E-state index is 0. The van der Waals surface area contributed by atoms with Crippen LogP contribution >= 0.6 is 0 Å². The summed E-state index contributed by atoms with van der Waals surface area (Å²) in [5, 5.41) is 8.45. The summed E-state index contributed by atoms with van der Waals surface area (Å²) >= 11 is 0. The molecule has 2 nitrogen and oxygen atoms in total. The van der Waals surface area contributed by atoms with Crippen LogP contribution in [0.5, 0.6) is 0 Å². The largest absolute Gasteiger partial charge is 1.00 e. The second-order valence-corrected chi connectivity index (χ2v) is 2.23. The molecule has 6 heteroatoms. The smallest absolute Gasteiger partial charge is 1.00 e. The van der Waals surface area contributed by atoms with Crippen LogP contribution in [-0.2, 0) is 0 Å². The molecule has 0 aromatic heterocycles. The molecule has 0 aliphatic heterocycles. The molecule has 0 unspecified atom stereocenters. The number of aromatic carboxylic acids is 1. The van der Waals surface area contributed by atoms with Gasteiger partial charge in [0.15, 0.2) is 0 Å². The predicted octanol–water partition coefficient (Wildman–Crippen LogP) is -1.86. The molecule has 0 bridgehead atoms. The normalized spacial score (nSPS) is 8.77. The molecule has 0 aliphatic carbocycles. The minimum Gasteiger partial charge on any atom is -1.00 e. The summed E-state index contributed by atoms with van der Waals surface area (Å²) in [4.78, 5) is 10.3. The maximum absolute atomic E-state index is 12.0. The zero-order chi connectivity index (χ0) is 9.14. The first-order valence-electron chi connectivity index (χ1n) is 3.22. The molecule has 0 atom stereocenters. The molecule has 1 aromatic carbocycles. The third-order valence-electron chi connectivity index (χ3n) is 1.39. The van der Waals surface area contributed by atoms with E-state index in [-0.39, 0.29) is 63.8 Å². The monoisotopic (exact) mass is 210 g/mol. The van der Waals surface area contributed by atoms with Crippen LogP contribution in [0.15, 0.2) is 24.3 Å². The van der Waals surface area contributed by atoms with E-state index in [9.17, 15) is 13.4 Å². The first-order chi connectivity index (χ1) is 5.61. The van der Waals surface area contributed by atoms with Crippen molar-refractivity contribution in [3.63, 3.8) is 0 Å². The van der Waals surface area contributed by atoms with Gasteiger partial charge in [-0.15, -0.1) is 0 Å². The van der Waals surface area contributed by atoms with Crippen LogP contribution in [0.25, 0.3) is 0 Å². The average molecular weight is 210 g/mol. The summed E-state index contributed by atoms with van der Waals surface area (Å²) in [6, 6.07) is 4.73. The summed E-state index contributed by atoms with van der Waals surface area (Å²) in [6.07, 6.45) is 0. The third kappa shape index (κ3) is 3.87. The van der Waals surface area contributed by atoms with Gasteiger partial charge in [0.1, 0.15) is 0 Å². The number of hydrogen-bond acceptors (Lipinski definition) is 1. The van der Waals surface area contributed by atoms with Gasteiger partial charge in [-0.2, -0.15) is 0 Å².